The topological polar surface area (TPSA) is 101 Å². The van der Waals surface area contributed by atoms with Crippen LogP contribution in [0.25, 0.3) is 11.5 Å². The number of hydrogen-bond acceptors (Lipinski definition) is 6. The fourth-order valence-electron chi connectivity index (χ4n) is 2.08. The molecular formula is C15H10F3N3O4. The van der Waals surface area contributed by atoms with Crippen LogP contribution in [0.3, 0.4) is 0 Å². The van der Waals surface area contributed by atoms with Crippen molar-refractivity contribution in [3.05, 3.63) is 58.3 Å². The molecule has 0 fully saturated rings. The molecule has 0 atom stereocenters. The van der Waals surface area contributed by atoms with Crippen molar-refractivity contribution < 1.29 is 27.4 Å². The summed E-state index contributed by atoms with van der Waals surface area (Å²) < 4.78 is 45.5. The van der Waals surface area contributed by atoms with Crippen molar-refractivity contribution in [2.24, 2.45) is 0 Å². The van der Waals surface area contributed by atoms with Gasteiger partial charge in [0, 0.05) is 6.20 Å². The number of alkyl halides is 3. The van der Waals surface area contributed by atoms with Crippen molar-refractivity contribution in [3.63, 3.8) is 0 Å². The Morgan fingerprint density at radius 2 is 1.88 bits per heavy atom. The number of nitrogens with zero attached hydrogens (tertiary/aromatic N) is 2. The molecule has 10 heteroatoms. The first kappa shape index (κ1) is 16.6. The first-order valence-corrected chi connectivity index (χ1v) is 6.90. The fourth-order valence-corrected chi connectivity index (χ4v) is 2.08. The zero-order chi connectivity index (χ0) is 18.0. The maximum absolute atomic E-state index is 12.1. The maximum atomic E-state index is 12.1. The van der Waals surface area contributed by atoms with Gasteiger partial charge in [0.15, 0.2) is 0 Å². The van der Waals surface area contributed by atoms with E-state index in [0.717, 1.165) is 12.1 Å². The molecule has 2 aromatic heterocycles. The number of aromatic amines is 1. The molecule has 0 spiro atoms. The van der Waals surface area contributed by atoms with Crippen LogP contribution in [0.15, 0.2) is 45.7 Å². The molecule has 25 heavy (non-hydrogen) atoms. The van der Waals surface area contributed by atoms with Crippen LogP contribution in [0.2, 0.25) is 0 Å². The lowest BCUT2D eigenvalue weighted by Gasteiger charge is -2.08. The molecule has 0 bridgehead atoms. The van der Waals surface area contributed by atoms with Crippen LogP contribution >= 0.6 is 0 Å². The minimum Gasteiger partial charge on any atom is -0.507 e. The number of rotatable bonds is 4. The van der Waals surface area contributed by atoms with Gasteiger partial charge in [-0.25, -0.2) is 0 Å². The Hall–Kier alpha value is -3.30. The Labute approximate surface area is 137 Å². The molecule has 0 saturated carbocycles. The average Bonchev–Trinajstić information content (AvgIpc) is 2.96. The van der Waals surface area contributed by atoms with Gasteiger partial charge in [-0.1, -0.05) is 12.1 Å². The lowest BCUT2D eigenvalue weighted by Crippen LogP contribution is -2.17. The smallest absolute Gasteiger partial charge is 0.507 e. The lowest BCUT2D eigenvalue weighted by molar-refractivity contribution is -0.274. The summed E-state index contributed by atoms with van der Waals surface area (Å²) in [6.07, 6.45) is -3.36. The molecule has 0 saturated heterocycles. The van der Waals surface area contributed by atoms with Gasteiger partial charge in [0.2, 0.25) is 5.89 Å². The van der Waals surface area contributed by atoms with Crippen molar-refractivity contribution in [1.29, 1.82) is 0 Å². The van der Waals surface area contributed by atoms with Crippen LogP contribution in [-0.2, 0) is 6.42 Å². The van der Waals surface area contributed by atoms with Crippen molar-refractivity contribution in [1.82, 2.24) is 15.2 Å². The number of benzene rings is 1. The monoisotopic (exact) mass is 353 g/mol. The summed E-state index contributed by atoms with van der Waals surface area (Å²) >= 11 is 0. The molecule has 1 aromatic carbocycles. The number of halogens is 3. The quantitative estimate of drug-likeness (QED) is 0.748. The Morgan fingerprint density at radius 1 is 1.16 bits per heavy atom. The van der Waals surface area contributed by atoms with E-state index in [-0.39, 0.29) is 35.3 Å². The van der Waals surface area contributed by atoms with Gasteiger partial charge in [0.1, 0.15) is 17.1 Å². The van der Waals surface area contributed by atoms with Crippen LogP contribution in [0.1, 0.15) is 11.5 Å². The second kappa shape index (κ2) is 6.30. The van der Waals surface area contributed by atoms with E-state index < -0.39 is 11.9 Å². The highest BCUT2D eigenvalue weighted by atomic mass is 19.4. The van der Waals surface area contributed by atoms with E-state index in [4.69, 9.17) is 4.42 Å². The predicted octanol–water partition coefficient (Wildman–Crippen LogP) is 2.62. The van der Waals surface area contributed by atoms with E-state index in [1.165, 1.54) is 24.4 Å². The summed E-state index contributed by atoms with van der Waals surface area (Å²) in [6, 6.07) is 6.41. The second-order valence-corrected chi connectivity index (χ2v) is 4.94. The molecule has 0 unspecified atom stereocenters. The molecule has 7 nitrogen and oxygen atoms in total. The largest absolute Gasteiger partial charge is 0.573 e. The standard InChI is InChI=1S/C15H10F3N3O4/c16-15(17,18)25-9-3-1-8(2-4-9)7-11-20-21-14(24-11)12-10(22)5-6-19-13(12)23/h1-6H,7H2,(H2,19,22,23). The molecule has 0 radical (unpaired) electrons. The van der Waals surface area contributed by atoms with E-state index in [0.29, 0.717) is 5.56 Å². The van der Waals surface area contributed by atoms with Crippen molar-refractivity contribution >= 4 is 0 Å². The van der Waals surface area contributed by atoms with E-state index >= 15 is 0 Å². The van der Waals surface area contributed by atoms with Gasteiger partial charge in [-0.2, -0.15) is 0 Å². The molecule has 0 aliphatic rings. The van der Waals surface area contributed by atoms with Crippen LogP contribution in [0.5, 0.6) is 11.5 Å². The third kappa shape index (κ3) is 3.97. The summed E-state index contributed by atoms with van der Waals surface area (Å²) in [7, 11) is 0. The number of nitrogens with one attached hydrogen (secondary N) is 1. The molecule has 130 valence electrons. The zero-order valence-electron chi connectivity index (χ0n) is 12.4. The molecule has 3 rings (SSSR count). The Bertz CT molecular complexity index is 932. The Kier molecular flexibility index (Phi) is 4.17. The van der Waals surface area contributed by atoms with Gasteiger partial charge in [0.25, 0.3) is 11.4 Å². The molecule has 0 aliphatic heterocycles. The summed E-state index contributed by atoms with van der Waals surface area (Å²) in [5.74, 6) is -0.690. The predicted molar refractivity (Wildman–Crippen MR) is 78.0 cm³/mol. The highest BCUT2D eigenvalue weighted by Crippen LogP contribution is 2.25. The highest BCUT2D eigenvalue weighted by molar-refractivity contribution is 5.59. The van der Waals surface area contributed by atoms with Crippen molar-refractivity contribution in [2.45, 2.75) is 12.8 Å². The number of hydrogen-bond donors (Lipinski definition) is 2. The molecular weight excluding hydrogens is 343 g/mol. The van der Waals surface area contributed by atoms with Gasteiger partial charge in [0.05, 0.1) is 6.42 Å². The lowest BCUT2D eigenvalue weighted by atomic mass is 10.1. The van der Waals surface area contributed by atoms with Gasteiger partial charge in [-0.15, -0.1) is 23.4 Å². The van der Waals surface area contributed by atoms with Crippen LogP contribution in [0.4, 0.5) is 13.2 Å². The molecule has 2 N–H and O–H groups in total. The van der Waals surface area contributed by atoms with E-state index in [9.17, 15) is 23.1 Å². The van der Waals surface area contributed by atoms with Crippen molar-refractivity contribution in [3.8, 4) is 23.0 Å². The van der Waals surface area contributed by atoms with Gasteiger partial charge >= 0.3 is 6.36 Å². The van der Waals surface area contributed by atoms with Crippen LogP contribution in [-0.4, -0.2) is 26.7 Å². The third-order valence-corrected chi connectivity index (χ3v) is 3.13. The third-order valence-electron chi connectivity index (χ3n) is 3.13. The number of H-pyrrole nitrogens is 1. The van der Waals surface area contributed by atoms with E-state index in [2.05, 4.69) is 19.9 Å². The van der Waals surface area contributed by atoms with Crippen LogP contribution < -0.4 is 10.3 Å². The molecule has 0 aliphatic carbocycles. The van der Waals surface area contributed by atoms with E-state index in [1.54, 1.807) is 0 Å². The number of aromatic hydroxyl groups is 1. The second-order valence-electron chi connectivity index (χ2n) is 4.94. The molecule has 0 amide bonds. The number of ether oxygens (including phenoxy) is 1. The SMILES string of the molecule is O=c1[nH]ccc(O)c1-c1nnc(Cc2ccc(OC(F)(F)F)cc2)o1. The zero-order valence-corrected chi connectivity index (χ0v) is 12.4. The molecule has 3 aromatic rings. The van der Waals surface area contributed by atoms with Gasteiger partial charge in [-0.3, -0.25) is 4.79 Å². The maximum Gasteiger partial charge on any atom is 0.573 e. The minimum absolute atomic E-state index is 0.127. The van der Waals surface area contributed by atoms with E-state index in [1.807, 2.05) is 0 Å². The minimum atomic E-state index is -4.76. The first-order valence-electron chi connectivity index (χ1n) is 6.90. The Balaban J connectivity index is 1.77. The summed E-state index contributed by atoms with van der Waals surface area (Å²) in [5, 5.41) is 17.2. The summed E-state index contributed by atoms with van der Waals surface area (Å²) in [4.78, 5) is 14.1. The number of aromatic nitrogens is 3. The fraction of sp³-hybridized carbons (Fsp3) is 0.133. The first-order chi connectivity index (χ1) is 11.8. The normalized spacial score (nSPS) is 11.5. The van der Waals surface area contributed by atoms with Crippen molar-refractivity contribution in [2.75, 3.05) is 0 Å². The van der Waals surface area contributed by atoms with Gasteiger partial charge < -0.3 is 19.2 Å². The van der Waals surface area contributed by atoms with Gasteiger partial charge in [-0.05, 0) is 23.8 Å². The summed E-state index contributed by atoms with van der Waals surface area (Å²) in [6.45, 7) is 0. The average molecular weight is 353 g/mol. The number of pyridine rings is 1. The Morgan fingerprint density at radius 3 is 2.52 bits per heavy atom. The summed E-state index contributed by atoms with van der Waals surface area (Å²) in [5.41, 5.74) is -0.157. The van der Waals surface area contributed by atoms with Crippen LogP contribution in [0, 0.1) is 0 Å². The molecule has 2 heterocycles. The highest BCUT2D eigenvalue weighted by Gasteiger charge is 2.31.